The van der Waals surface area contributed by atoms with Gasteiger partial charge in [-0.3, -0.25) is 4.57 Å². The van der Waals surface area contributed by atoms with Crippen LogP contribution >= 0.6 is 11.8 Å². The molecule has 0 aliphatic rings. The maximum absolute atomic E-state index is 12.6. The van der Waals surface area contributed by atoms with E-state index in [1.165, 1.54) is 13.1 Å². The highest BCUT2D eigenvalue weighted by Gasteiger charge is 2.35. The zero-order valence-corrected chi connectivity index (χ0v) is 10.7. The minimum Gasteiger partial charge on any atom is -0.308 e. The molecule has 0 aromatic carbocycles. The van der Waals surface area contributed by atoms with Gasteiger partial charge in [-0.25, -0.2) is 25.7 Å². The fourth-order valence-electron chi connectivity index (χ4n) is 1.20. The lowest BCUT2D eigenvalue weighted by Gasteiger charge is -2.09. The Balaban J connectivity index is 2.41. The topological polar surface area (TPSA) is 115 Å². The van der Waals surface area contributed by atoms with E-state index < -0.39 is 17.7 Å². The van der Waals surface area contributed by atoms with E-state index in [1.807, 2.05) is 5.43 Å². The Labute approximate surface area is 113 Å². The van der Waals surface area contributed by atoms with Crippen LogP contribution in [0.2, 0.25) is 0 Å². The second-order valence-electron chi connectivity index (χ2n) is 3.53. The van der Waals surface area contributed by atoms with Gasteiger partial charge in [0.1, 0.15) is 10.8 Å². The Kier molecular flexibility index (Phi) is 3.67. The highest BCUT2D eigenvalue weighted by molar-refractivity contribution is 7.99. The van der Waals surface area contributed by atoms with E-state index in [0.29, 0.717) is 0 Å². The number of H-pyrrole nitrogens is 1. The first kappa shape index (κ1) is 14.3. The highest BCUT2D eigenvalue weighted by atomic mass is 32.2. The van der Waals surface area contributed by atoms with Crippen LogP contribution in [0.4, 0.5) is 19.0 Å². The van der Waals surface area contributed by atoms with Crippen LogP contribution in [0.15, 0.2) is 21.0 Å². The molecule has 0 bridgehead atoms. The van der Waals surface area contributed by atoms with Gasteiger partial charge in [0, 0.05) is 13.1 Å². The summed E-state index contributed by atoms with van der Waals surface area (Å²) in [5.74, 6) is 3.53. The van der Waals surface area contributed by atoms with E-state index in [-0.39, 0.29) is 16.0 Å². The molecular formula is C8H8F3N7OS. The quantitative estimate of drug-likeness (QED) is 0.426. The monoisotopic (exact) mass is 307 g/mol. The van der Waals surface area contributed by atoms with Crippen molar-refractivity contribution in [2.75, 3.05) is 5.43 Å². The molecule has 2 heterocycles. The van der Waals surface area contributed by atoms with Crippen molar-refractivity contribution >= 4 is 17.6 Å². The standard InChI is InChI=1S/C8H8F3N7OS/c1-18-6(19)16-17-7(18)20-4-2-3(15-12)13-5(14-4)8(9,10)11/h2H,12H2,1H3,(H,16,19)(H,13,14,15). The lowest BCUT2D eigenvalue weighted by atomic mass is 10.5. The van der Waals surface area contributed by atoms with E-state index in [4.69, 9.17) is 5.84 Å². The molecule has 12 heteroatoms. The normalized spacial score (nSPS) is 11.7. The van der Waals surface area contributed by atoms with Crippen LogP contribution in [0.1, 0.15) is 5.82 Å². The second-order valence-corrected chi connectivity index (χ2v) is 4.52. The Hall–Kier alpha value is -2.08. The van der Waals surface area contributed by atoms with Crippen LogP contribution in [0.3, 0.4) is 0 Å². The van der Waals surface area contributed by atoms with E-state index in [1.54, 1.807) is 0 Å². The van der Waals surface area contributed by atoms with E-state index >= 15 is 0 Å². The molecule has 20 heavy (non-hydrogen) atoms. The van der Waals surface area contributed by atoms with Crippen LogP contribution in [0, 0.1) is 0 Å². The summed E-state index contributed by atoms with van der Waals surface area (Å²) in [6, 6.07) is 1.21. The number of anilines is 1. The van der Waals surface area contributed by atoms with Gasteiger partial charge in [0.25, 0.3) is 0 Å². The van der Waals surface area contributed by atoms with Crippen LogP contribution < -0.4 is 17.0 Å². The molecule has 0 fully saturated rings. The first-order valence-corrected chi connectivity index (χ1v) is 5.85. The summed E-state index contributed by atoms with van der Waals surface area (Å²) in [6.45, 7) is 0. The average molecular weight is 307 g/mol. The lowest BCUT2D eigenvalue weighted by molar-refractivity contribution is -0.145. The number of nitrogens with two attached hydrogens (primary N) is 1. The van der Waals surface area contributed by atoms with Crippen molar-refractivity contribution < 1.29 is 13.2 Å². The van der Waals surface area contributed by atoms with Crippen molar-refractivity contribution in [2.24, 2.45) is 12.9 Å². The molecule has 2 aromatic rings. The molecule has 0 spiro atoms. The Morgan fingerprint density at radius 2 is 2.15 bits per heavy atom. The van der Waals surface area contributed by atoms with Crippen molar-refractivity contribution in [1.29, 1.82) is 0 Å². The summed E-state index contributed by atoms with van der Waals surface area (Å²) in [5.41, 5.74) is 1.53. The van der Waals surface area contributed by atoms with E-state index in [0.717, 1.165) is 16.3 Å². The van der Waals surface area contributed by atoms with Crippen molar-refractivity contribution in [1.82, 2.24) is 24.7 Å². The number of aromatic amines is 1. The smallest absolute Gasteiger partial charge is 0.308 e. The van der Waals surface area contributed by atoms with Gasteiger partial charge in [0.15, 0.2) is 5.16 Å². The van der Waals surface area contributed by atoms with Crippen LogP contribution in [-0.4, -0.2) is 24.7 Å². The van der Waals surface area contributed by atoms with Crippen LogP contribution in [0.5, 0.6) is 0 Å². The average Bonchev–Trinajstić information content (AvgIpc) is 2.69. The molecule has 0 radical (unpaired) electrons. The Morgan fingerprint density at radius 3 is 2.65 bits per heavy atom. The summed E-state index contributed by atoms with van der Waals surface area (Å²) in [6.07, 6.45) is -4.71. The number of rotatable bonds is 3. The van der Waals surface area contributed by atoms with Gasteiger partial charge in [-0.05, 0) is 11.8 Å². The fourth-order valence-corrected chi connectivity index (χ4v) is 2.00. The zero-order chi connectivity index (χ0) is 14.9. The van der Waals surface area contributed by atoms with Gasteiger partial charge in [0.05, 0.1) is 0 Å². The van der Waals surface area contributed by atoms with Crippen LogP contribution in [0.25, 0.3) is 0 Å². The lowest BCUT2D eigenvalue weighted by Crippen LogP contribution is -2.16. The molecule has 2 aromatic heterocycles. The van der Waals surface area contributed by atoms with Gasteiger partial charge in [-0.1, -0.05) is 0 Å². The predicted octanol–water partition coefficient (Wildman–Crippen LogP) is 0.354. The number of hydrogen-bond acceptors (Lipinski definition) is 7. The van der Waals surface area contributed by atoms with E-state index in [9.17, 15) is 18.0 Å². The molecule has 0 unspecified atom stereocenters. The molecule has 4 N–H and O–H groups in total. The summed E-state index contributed by atoms with van der Waals surface area (Å²) in [4.78, 5) is 17.7. The molecule has 2 rings (SSSR count). The number of alkyl halides is 3. The number of nitrogens with one attached hydrogen (secondary N) is 2. The first-order chi connectivity index (χ1) is 9.31. The molecule has 8 nitrogen and oxygen atoms in total. The summed E-state index contributed by atoms with van der Waals surface area (Å²) in [5, 5.41) is 5.92. The second kappa shape index (κ2) is 5.13. The Morgan fingerprint density at radius 1 is 1.45 bits per heavy atom. The van der Waals surface area contributed by atoms with Crippen molar-refractivity contribution in [3.05, 3.63) is 22.4 Å². The number of hydrazine groups is 1. The van der Waals surface area contributed by atoms with Crippen molar-refractivity contribution in [3.63, 3.8) is 0 Å². The summed E-state index contributed by atoms with van der Waals surface area (Å²) < 4.78 is 39.0. The SMILES string of the molecule is Cn1c(Sc2cc(NN)nc(C(F)(F)F)n2)n[nH]c1=O. The van der Waals surface area contributed by atoms with Gasteiger partial charge >= 0.3 is 11.9 Å². The molecular weight excluding hydrogens is 299 g/mol. The first-order valence-electron chi connectivity index (χ1n) is 5.03. The van der Waals surface area contributed by atoms with Gasteiger partial charge in [-0.2, -0.15) is 13.2 Å². The van der Waals surface area contributed by atoms with Crippen molar-refractivity contribution in [2.45, 2.75) is 16.4 Å². The van der Waals surface area contributed by atoms with Crippen LogP contribution in [-0.2, 0) is 13.2 Å². The predicted molar refractivity (Wildman–Crippen MR) is 62.8 cm³/mol. The number of halogens is 3. The number of aromatic nitrogens is 5. The van der Waals surface area contributed by atoms with Crippen molar-refractivity contribution in [3.8, 4) is 0 Å². The molecule has 108 valence electrons. The maximum atomic E-state index is 12.6. The Bertz CT molecular complexity index is 679. The molecule has 0 saturated heterocycles. The molecule has 0 aliphatic carbocycles. The molecule has 0 aliphatic heterocycles. The van der Waals surface area contributed by atoms with E-state index in [2.05, 4.69) is 20.2 Å². The highest BCUT2D eigenvalue weighted by Crippen LogP contribution is 2.31. The zero-order valence-electron chi connectivity index (χ0n) is 9.89. The van der Waals surface area contributed by atoms with Gasteiger partial charge in [-0.15, -0.1) is 5.10 Å². The minimum absolute atomic E-state index is 0.0534. The maximum Gasteiger partial charge on any atom is 0.451 e. The summed E-state index contributed by atoms with van der Waals surface area (Å²) >= 11 is 0.769. The number of nitrogen functional groups attached to an aromatic ring is 1. The third-order valence-electron chi connectivity index (χ3n) is 2.14. The molecule has 0 amide bonds. The third-order valence-corrected chi connectivity index (χ3v) is 3.10. The van der Waals surface area contributed by atoms with Gasteiger partial charge < -0.3 is 5.43 Å². The largest absolute Gasteiger partial charge is 0.451 e. The molecule has 0 atom stereocenters. The number of nitrogens with zero attached hydrogens (tertiary/aromatic N) is 4. The fraction of sp³-hybridized carbons (Fsp3) is 0.250. The minimum atomic E-state index is -4.71. The van der Waals surface area contributed by atoms with Gasteiger partial charge in [0.2, 0.25) is 5.82 Å². The third kappa shape index (κ3) is 2.91. The number of hydrogen-bond donors (Lipinski definition) is 3. The summed E-state index contributed by atoms with van der Waals surface area (Å²) in [7, 11) is 1.42. The molecule has 0 saturated carbocycles.